The van der Waals surface area contributed by atoms with Crippen LogP contribution in [0.15, 0.2) is 70.6 Å². The van der Waals surface area contributed by atoms with E-state index in [0.29, 0.717) is 16.3 Å². The Bertz CT molecular complexity index is 1240. The number of benzene rings is 2. The van der Waals surface area contributed by atoms with Gasteiger partial charge in [0.05, 0.1) is 23.1 Å². The van der Waals surface area contributed by atoms with Crippen LogP contribution in [0.5, 0.6) is 5.75 Å². The van der Waals surface area contributed by atoms with Gasteiger partial charge < -0.3 is 14.5 Å². The number of anilines is 1. The maximum absolute atomic E-state index is 13.8. The van der Waals surface area contributed by atoms with Crippen molar-refractivity contribution < 1.29 is 27.5 Å². The van der Waals surface area contributed by atoms with Gasteiger partial charge in [0.2, 0.25) is 0 Å². The monoisotopic (exact) mass is 454 g/mol. The SMILES string of the molecule is O=C(CCc1ncc(-c2ccc(F)cc2F)o1)Oc1ccc(NC(=O)c2cccs2)cc1. The minimum atomic E-state index is -0.762. The van der Waals surface area contributed by atoms with Gasteiger partial charge in [-0.1, -0.05) is 6.07 Å². The van der Waals surface area contributed by atoms with E-state index in [1.165, 1.54) is 23.6 Å². The van der Waals surface area contributed by atoms with Gasteiger partial charge in [0.1, 0.15) is 17.4 Å². The molecular weight excluding hydrogens is 438 g/mol. The molecule has 162 valence electrons. The topological polar surface area (TPSA) is 81.4 Å². The standard InChI is InChI=1S/C23H16F2N2O4S/c24-14-3-8-17(18(25)12-14)19-13-26-21(31-19)9-10-22(28)30-16-6-4-15(5-7-16)27-23(29)20-2-1-11-32-20/h1-8,11-13H,9-10H2,(H,27,29). The van der Waals surface area contributed by atoms with E-state index in [1.54, 1.807) is 36.4 Å². The van der Waals surface area contributed by atoms with Crippen molar-refractivity contribution in [2.45, 2.75) is 12.8 Å². The second-order valence-electron chi connectivity index (χ2n) is 6.67. The Balaban J connectivity index is 1.29. The third-order valence-electron chi connectivity index (χ3n) is 4.38. The number of aryl methyl sites for hydroxylation is 1. The number of ether oxygens (including phenoxy) is 1. The third-order valence-corrected chi connectivity index (χ3v) is 5.25. The second-order valence-corrected chi connectivity index (χ2v) is 7.62. The fourth-order valence-corrected chi connectivity index (χ4v) is 3.46. The van der Waals surface area contributed by atoms with Crippen molar-refractivity contribution in [1.82, 2.24) is 4.98 Å². The largest absolute Gasteiger partial charge is 0.441 e. The molecule has 0 bridgehead atoms. The van der Waals surface area contributed by atoms with Gasteiger partial charge in [0.25, 0.3) is 5.91 Å². The number of carbonyl (C=O) groups excluding carboxylic acids is 2. The van der Waals surface area contributed by atoms with E-state index in [-0.39, 0.29) is 36.0 Å². The summed E-state index contributed by atoms with van der Waals surface area (Å²) in [4.78, 5) is 28.8. The van der Waals surface area contributed by atoms with Crippen molar-refractivity contribution in [2.75, 3.05) is 5.32 Å². The van der Waals surface area contributed by atoms with Crippen molar-refractivity contribution in [2.24, 2.45) is 0 Å². The van der Waals surface area contributed by atoms with Crippen LogP contribution in [0, 0.1) is 11.6 Å². The van der Waals surface area contributed by atoms with Crippen molar-refractivity contribution >= 4 is 28.9 Å². The molecule has 32 heavy (non-hydrogen) atoms. The molecule has 2 heterocycles. The summed E-state index contributed by atoms with van der Waals surface area (Å²) >= 11 is 1.34. The first kappa shape index (κ1) is 21.4. The Morgan fingerprint density at radius 2 is 1.91 bits per heavy atom. The lowest BCUT2D eigenvalue weighted by molar-refractivity contribution is -0.134. The van der Waals surface area contributed by atoms with Gasteiger partial charge in [0.15, 0.2) is 11.7 Å². The van der Waals surface area contributed by atoms with Crippen molar-refractivity contribution in [3.8, 4) is 17.1 Å². The van der Waals surface area contributed by atoms with Crippen LogP contribution in [-0.4, -0.2) is 16.9 Å². The molecule has 0 saturated carbocycles. The summed E-state index contributed by atoms with van der Waals surface area (Å²) in [5.74, 6) is -1.47. The Kier molecular flexibility index (Phi) is 6.37. The Morgan fingerprint density at radius 3 is 2.62 bits per heavy atom. The number of nitrogens with zero attached hydrogens (tertiary/aromatic N) is 1. The van der Waals surface area contributed by atoms with E-state index in [1.807, 2.05) is 5.38 Å². The van der Waals surface area contributed by atoms with Crippen LogP contribution < -0.4 is 10.1 Å². The number of hydrogen-bond acceptors (Lipinski definition) is 6. The lowest BCUT2D eigenvalue weighted by atomic mass is 10.2. The Morgan fingerprint density at radius 1 is 1.09 bits per heavy atom. The Labute approximate surface area is 185 Å². The van der Waals surface area contributed by atoms with Crippen LogP contribution in [0.4, 0.5) is 14.5 Å². The molecule has 0 spiro atoms. The number of oxazole rings is 1. The molecule has 0 atom stereocenters. The number of esters is 1. The summed E-state index contributed by atoms with van der Waals surface area (Å²) < 4.78 is 37.6. The zero-order valence-corrected chi connectivity index (χ0v) is 17.3. The Hall–Kier alpha value is -3.85. The van der Waals surface area contributed by atoms with E-state index < -0.39 is 17.6 Å². The molecule has 0 radical (unpaired) electrons. The van der Waals surface area contributed by atoms with Crippen LogP contribution in [0.3, 0.4) is 0 Å². The molecule has 2 aromatic heterocycles. The first-order valence-corrected chi connectivity index (χ1v) is 10.4. The summed E-state index contributed by atoms with van der Waals surface area (Å²) in [6.45, 7) is 0. The molecule has 6 nitrogen and oxygen atoms in total. The molecule has 0 aliphatic heterocycles. The maximum atomic E-state index is 13.8. The number of carbonyl (C=O) groups is 2. The lowest BCUT2D eigenvalue weighted by Gasteiger charge is -2.06. The zero-order valence-electron chi connectivity index (χ0n) is 16.5. The first-order chi connectivity index (χ1) is 15.5. The molecule has 0 aliphatic carbocycles. The number of rotatable bonds is 7. The van der Waals surface area contributed by atoms with Gasteiger partial charge in [-0.25, -0.2) is 13.8 Å². The van der Waals surface area contributed by atoms with E-state index >= 15 is 0 Å². The van der Waals surface area contributed by atoms with Gasteiger partial charge in [-0.3, -0.25) is 9.59 Å². The highest BCUT2D eigenvalue weighted by Crippen LogP contribution is 2.25. The van der Waals surface area contributed by atoms with Crippen LogP contribution >= 0.6 is 11.3 Å². The van der Waals surface area contributed by atoms with Gasteiger partial charge in [-0.15, -0.1) is 11.3 Å². The molecule has 0 saturated heterocycles. The third kappa shape index (κ3) is 5.25. The van der Waals surface area contributed by atoms with Gasteiger partial charge in [0, 0.05) is 18.2 Å². The summed E-state index contributed by atoms with van der Waals surface area (Å²) in [5, 5.41) is 4.57. The number of aromatic nitrogens is 1. The maximum Gasteiger partial charge on any atom is 0.311 e. The molecule has 9 heteroatoms. The predicted molar refractivity (Wildman–Crippen MR) is 115 cm³/mol. The minimum absolute atomic E-state index is 0.0112. The van der Waals surface area contributed by atoms with E-state index in [0.717, 1.165) is 12.1 Å². The van der Waals surface area contributed by atoms with Crippen LogP contribution in [0.1, 0.15) is 22.0 Å². The zero-order chi connectivity index (χ0) is 22.5. The van der Waals surface area contributed by atoms with Crippen LogP contribution in [-0.2, 0) is 11.2 Å². The number of nitrogens with one attached hydrogen (secondary N) is 1. The van der Waals surface area contributed by atoms with Gasteiger partial charge in [-0.2, -0.15) is 0 Å². The van der Waals surface area contributed by atoms with Crippen molar-refractivity contribution in [3.63, 3.8) is 0 Å². The van der Waals surface area contributed by atoms with Gasteiger partial charge >= 0.3 is 5.97 Å². The highest BCUT2D eigenvalue weighted by atomic mass is 32.1. The minimum Gasteiger partial charge on any atom is -0.441 e. The predicted octanol–water partition coefficient (Wildman–Crippen LogP) is 5.47. The molecule has 1 N–H and O–H groups in total. The van der Waals surface area contributed by atoms with Crippen LogP contribution in [0.25, 0.3) is 11.3 Å². The lowest BCUT2D eigenvalue weighted by Crippen LogP contribution is -2.11. The van der Waals surface area contributed by atoms with E-state index in [4.69, 9.17) is 9.15 Å². The molecule has 4 rings (SSSR count). The smallest absolute Gasteiger partial charge is 0.311 e. The average Bonchev–Trinajstić information content (AvgIpc) is 3.46. The number of halogens is 2. The van der Waals surface area contributed by atoms with Crippen molar-refractivity contribution in [3.05, 3.63) is 88.6 Å². The molecule has 2 aromatic carbocycles. The number of hydrogen-bond donors (Lipinski definition) is 1. The fraction of sp³-hybridized carbons (Fsp3) is 0.0870. The highest BCUT2D eigenvalue weighted by Gasteiger charge is 2.14. The molecule has 0 aliphatic rings. The normalized spacial score (nSPS) is 10.7. The first-order valence-electron chi connectivity index (χ1n) is 9.53. The summed E-state index contributed by atoms with van der Waals surface area (Å²) in [6.07, 6.45) is 1.46. The molecule has 1 amide bonds. The summed E-state index contributed by atoms with van der Waals surface area (Å²) in [6, 6.07) is 13.1. The molecule has 0 fully saturated rings. The summed E-state index contributed by atoms with van der Waals surface area (Å²) in [5.41, 5.74) is 0.655. The molecule has 4 aromatic rings. The second kappa shape index (κ2) is 9.52. The van der Waals surface area contributed by atoms with Gasteiger partial charge in [-0.05, 0) is 47.8 Å². The summed E-state index contributed by atoms with van der Waals surface area (Å²) in [7, 11) is 0. The highest BCUT2D eigenvalue weighted by molar-refractivity contribution is 7.12. The van der Waals surface area contributed by atoms with Crippen molar-refractivity contribution in [1.29, 1.82) is 0 Å². The van der Waals surface area contributed by atoms with Crippen LogP contribution in [0.2, 0.25) is 0 Å². The molecular formula is C23H16F2N2O4S. The fourth-order valence-electron chi connectivity index (χ4n) is 2.84. The quantitative estimate of drug-likeness (QED) is 0.296. The number of amides is 1. The number of thiophene rings is 1. The van der Waals surface area contributed by atoms with E-state index in [2.05, 4.69) is 10.3 Å². The van der Waals surface area contributed by atoms with E-state index in [9.17, 15) is 18.4 Å². The molecule has 0 unspecified atom stereocenters. The average molecular weight is 454 g/mol.